The van der Waals surface area contributed by atoms with E-state index in [0.717, 1.165) is 11.1 Å². The molecule has 0 bridgehead atoms. The maximum absolute atomic E-state index is 13.7. The number of methoxy groups -OCH3 is 1. The Hall–Kier alpha value is -2.76. The van der Waals surface area contributed by atoms with Crippen LogP contribution in [0.2, 0.25) is 0 Å². The minimum Gasteiger partial charge on any atom is -0.496 e. The van der Waals surface area contributed by atoms with Crippen molar-refractivity contribution in [3.05, 3.63) is 47.8 Å². The monoisotopic (exact) mass is 345 g/mol. The molecule has 132 valence electrons. The van der Waals surface area contributed by atoms with Crippen molar-refractivity contribution in [2.24, 2.45) is 11.1 Å². The van der Waals surface area contributed by atoms with Crippen molar-refractivity contribution in [2.45, 2.75) is 20.0 Å². The van der Waals surface area contributed by atoms with E-state index in [1.807, 2.05) is 26.0 Å². The van der Waals surface area contributed by atoms with Gasteiger partial charge in [-0.1, -0.05) is 26.0 Å². The second-order valence-electron chi connectivity index (χ2n) is 6.69. The summed E-state index contributed by atoms with van der Waals surface area (Å²) in [6.45, 7) is 4.24. The first kappa shape index (κ1) is 17.1. The molecule has 0 saturated carbocycles. The first-order valence-corrected chi connectivity index (χ1v) is 7.88. The van der Waals surface area contributed by atoms with Crippen LogP contribution in [0.3, 0.4) is 0 Å². The Kier molecular flexibility index (Phi) is 4.29. The SMILES string of the molecule is COc1ccc(F)cc1-c1ccc2c(c1)OCC(C)(C)C2OC(N)=O. The number of nitrogens with two attached hydrogens (primary N) is 1. The Morgan fingerprint density at radius 3 is 2.72 bits per heavy atom. The van der Waals surface area contributed by atoms with E-state index in [4.69, 9.17) is 19.9 Å². The minimum absolute atomic E-state index is 0.356. The highest BCUT2D eigenvalue weighted by molar-refractivity contribution is 5.73. The fourth-order valence-electron chi connectivity index (χ4n) is 3.05. The number of fused-ring (bicyclic) bond motifs is 1. The van der Waals surface area contributed by atoms with Gasteiger partial charge in [-0.05, 0) is 29.8 Å². The molecule has 3 rings (SSSR count). The molecule has 6 heteroatoms. The standard InChI is InChI=1S/C19H20FNO4/c1-19(2)10-24-16-8-11(4-6-13(16)17(19)25-18(21)22)14-9-12(20)5-7-15(14)23-3/h4-9,17H,10H2,1-3H3,(H2,21,22). The molecule has 0 spiro atoms. The predicted octanol–water partition coefficient (Wildman–Crippen LogP) is 4.06. The molecular weight excluding hydrogens is 325 g/mol. The lowest BCUT2D eigenvalue weighted by molar-refractivity contribution is -0.0176. The maximum Gasteiger partial charge on any atom is 0.405 e. The normalized spacial score (nSPS) is 18.0. The van der Waals surface area contributed by atoms with Crippen molar-refractivity contribution in [1.29, 1.82) is 0 Å². The summed E-state index contributed by atoms with van der Waals surface area (Å²) in [6.07, 6.45) is -1.35. The van der Waals surface area contributed by atoms with Gasteiger partial charge in [0.25, 0.3) is 0 Å². The first-order valence-electron chi connectivity index (χ1n) is 7.88. The van der Waals surface area contributed by atoms with Crippen molar-refractivity contribution in [3.63, 3.8) is 0 Å². The van der Waals surface area contributed by atoms with Crippen LogP contribution in [0.15, 0.2) is 36.4 Å². The quantitative estimate of drug-likeness (QED) is 0.911. The summed E-state index contributed by atoms with van der Waals surface area (Å²) < 4.78 is 30.1. The number of amides is 1. The summed E-state index contributed by atoms with van der Waals surface area (Å²) in [4.78, 5) is 11.3. The van der Waals surface area contributed by atoms with E-state index in [0.29, 0.717) is 23.7 Å². The van der Waals surface area contributed by atoms with E-state index in [1.165, 1.54) is 19.2 Å². The molecule has 2 aromatic carbocycles. The Morgan fingerprint density at radius 2 is 2.04 bits per heavy atom. The number of hydrogen-bond acceptors (Lipinski definition) is 4. The maximum atomic E-state index is 13.7. The highest BCUT2D eigenvalue weighted by atomic mass is 19.1. The number of rotatable bonds is 3. The minimum atomic E-state index is -0.832. The van der Waals surface area contributed by atoms with Crippen LogP contribution in [0.1, 0.15) is 25.5 Å². The zero-order valence-corrected chi connectivity index (χ0v) is 14.3. The van der Waals surface area contributed by atoms with E-state index >= 15 is 0 Å². The third-order valence-electron chi connectivity index (χ3n) is 4.31. The second-order valence-corrected chi connectivity index (χ2v) is 6.69. The first-order chi connectivity index (χ1) is 11.8. The van der Waals surface area contributed by atoms with Crippen LogP contribution in [0.4, 0.5) is 9.18 Å². The molecule has 25 heavy (non-hydrogen) atoms. The Morgan fingerprint density at radius 1 is 1.28 bits per heavy atom. The molecule has 0 aliphatic carbocycles. The number of halogens is 1. The van der Waals surface area contributed by atoms with Crippen molar-refractivity contribution >= 4 is 6.09 Å². The molecule has 0 aromatic heterocycles. The highest BCUT2D eigenvalue weighted by Gasteiger charge is 2.40. The highest BCUT2D eigenvalue weighted by Crippen LogP contribution is 2.46. The third-order valence-corrected chi connectivity index (χ3v) is 4.31. The van der Waals surface area contributed by atoms with Crippen LogP contribution in [0.25, 0.3) is 11.1 Å². The summed E-state index contributed by atoms with van der Waals surface area (Å²) in [5, 5.41) is 0. The van der Waals surface area contributed by atoms with Gasteiger partial charge in [-0.25, -0.2) is 9.18 Å². The average Bonchev–Trinajstić information content (AvgIpc) is 2.57. The van der Waals surface area contributed by atoms with Gasteiger partial charge in [0, 0.05) is 16.5 Å². The molecule has 1 heterocycles. The van der Waals surface area contributed by atoms with E-state index < -0.39 is 17.6 Å². The number of benzene rings is 2. The average molecular weight is 345 g/mol. The molecule has 0 fully saturated rings. The van der Waals surface area contributed by atoms with Gasteiger partial charge < -0.3 is 19.9 Å². The molecule has 1 atom stereocenters. The van der Waals surface area contributed by atoms with Crippen LogP contribution in [-0.2, 0) is 4.74 Å². The van der Waals surface area contributed by atoms with Gasteiger partial charge >= 0.3 is 6.09 Å². The molecule has 0 radical (unpaired) electrons. The molecule has 2 aromatic rings. The topological polar surface area (TPSA) is 70.8 Å². The van der Waals surface area contributed by atoms with Gasteiger partial charge in [0.05, 0.1) is 13.7 Å². The van der Waals surface area contributed by atoms with Crippen LogP contribution >= 0.6 is 0 Å². The Labute approximate surface area is 145 Å². The lowest BCUT2D eigenvalue weighted by Gasteiger charge is -2.38. The molecule has 0 saturated heterocycles. The number of primary amides is 1. The fourth-order valence-corrected chi connectivity index (χ4v) is 3.05. The molecule has 2 N–H and O–H groups in total. The summed E-state index contributed by atoms with van der Waals surface area (Å²) in [7, 11) is 1.53. The van der Waals surface area contributed by atoms with Crippen LogP contribution in [0, 0.1) is 11.2 Å². The third kappa shape index (κ3) is 3.24. The summed E-state index contributed by atoms with van der Waals surface area (Å²) in [5.74, 6) is 0.780. The molecular formula is C19H20FNO4. The van der Waals surface area contributed by atoms with Crippen molar-refractivity contribution in [1.82, 2.24) is 0 Å². The number of carbonyl (C=O) groups is 1. The molecule has 1 aliphatic rings. The molecule has 1 unspecified atom stereocenters. The molecule has 5 nitrogen and oxygen atoms in total. The van der Waals surface area contributed by atoms with Gasteiger partial charge in [-0.15, -0.1) is 0 Å². The second kappa shape index (κ2) is 6.27. The van der Waals surface area contributed by atoms with Gasteiger partial charge in [-0.3, -0.25) is 0 Å². The zero-order chi connectivity index (χ0) is 18.2. The van der Waals surface area contributed by atoms with Gasteiger partial charge in [0.2, 0.25) is 0 Å². The van der Waals surface area contributed by atoms with Crippen LogP contribution in [0.5, 0.6) is 11.5 Å². The lowest BCUT2D eigenvalue weighted by Crippen LogP contribution is -2.37. The fraction of sp³-hybridized carbons (Fsp3) is 0.316. The van der Waals surface area contributed by atoms with Gasteiger partial charge in [0.1, 0.15) is 23.4 Å². The largest absolute Gasteiger partial charge is 0.496 e. The summed E-state index contributed by atoms with van der Waals surface area (Å²) in [6, 6.07) is 9.75. The number of carbonyl (C=O) groups excluding carboxylic acids is 1. The predicted molar refractivity (Wildman–Crippen MR) is 91.1 cm³/mol. The summed E-state index contributed by atoms with van der Waals surface area (Å²) in [5.41, 5.74) is 6.89. The van der Waals surface area contributed by atoms with Crippen molar-refractivity contribution in [3.8, 4) is 22.6 Å². The van der Waals surface area contributed by atoms with Gasteiger partial charge in [0.15, 0.2) is 0 Å². The molecule has 1 aliphatic heterocycles. The zero-order valence-electron chi connectivity index (χ0n) is 14.3. The lowest BCUT2D eigenvalue weighted by atomic mass is 9.80. The summed E-state index contributed by atoms with van der Waals surface area (Å²) >= 11 is 0. The van der Waals surface area contributed by atoms with Crippen LogP contribution in [-0.4, -0.2) is 19.8 Å². The van der Waals surface area contributed by atoms with Crippen LogP contribution < -0.4 is 15.2 Å². The molecule has 1 amide bonds. The van der Waals surface area contributed by atoms with E-state index in [9.17, 15) is 9.18 Å². The van der Waals surface area contributed by atoms with Crippen molar-refractivity contribution in [2.75, 3.05) is 13.7 Å². The number of hydrogen-bond donors (Lipinski definition) is 1. The van der Waals surface area contributed by atoms with E-state index in [1.54, 1.807) is 12.1 Å². The van der Waals surface area contributed by atoms with Gasteiger partial charge in [-0.2, -0.15) is 0 Å². The van der Waals surface area contributed by atoms with E-state index in [2.05, 4.69) is 0 Å². The Balaban J connectivity index is 2.06. The van der Waals surface area contributed by atoms with Crippen molar-refractivity contribution < 1.29 is 23.4 Å². The Bertz CT molecular complexity index is 819. The smallest absolute Gasteiger partial charge is 0.405 e. The number of ether oxygens (including phenoxy) is 3. The van der Waals surface area contributed by atoms with E-state index in [-0.39, 0.29) is 5.82 Å².